The lowest BCUT2D eigenvalue weighted by Gasteiger charge is -2.15. The van der Waals surface area contributed by atoms with Crippen molar-refractivity contribution in [3.05, 3.63) is 0 Å². The van der Waals surface area contributed by atoms with E-state index in [0.29, 0.717) is 0 Å². The molecule has 1 aliphatic heterocycles. The van der Waals surface area contributed by atoms with E-state index in [4.69, 9.17) is 0 Å². The van der Waals surface area contributed by atoms with Crippen LogP contribution < -0.4 is 10.6 Å². The van der Waals surface area contributed by atoms with E-state index in [1.165, 1.54) is 45.3 Å². The second-order valence-corrected chi connectivity index (χ2v) is 4.88. The van der Waals surface area contributed by atoms with E-state index in [9.17, 15) is 0 Å². The summed E-state index contributed by atoms with van der Waals surface area (Å²) in [4.78, 5) is 0. The van der Waals surface area contributed by atoms with Gasteiger partial charge in [-0.1, -0.05) is 6.92 Å². The molecule has 0 amide bonds. The van der Waals surface area contributed by atoms with Gasteiger partial charge in [0, 0.05) is 6.04 Å². The van der Waals surface area contributed by atoms with Crippen LogP contribution in [0.4, 0.5) is 0 Å². The van der Waals surface area contributed by atoms with E-state index in [0.717, 1.165) is 17.9 Å². The Balaban J connectivity index is 1.62. The Kier molecular flexibility index (Phi) is 3.23. The largest absolute Gasteiger partial charge is 0.316 e. The zero-order chi connectivity index (χ0) is 9.10. The number of hydrogen-bond acceptors (Lipinski definition) is 2. The Morgan fingerprint density at radius 3 is 2.85 bits per heavy atom. The molecule has 2 rings (SSSR count). The average molecular weight is 182 g/mol. The predicted molar refractivity (Wildman–Crippen MR) is 55.8 cm³/mol. The summed E-state index contributed by atoms with van der Waals surface area (Å²) in [7, 11) is 0. The Bertz CT molecular complexity index is 152. The van der Waals surface area contributed by atoms with Crippen LogP contribution in [0.15, 0.2) is 0 Å². The van der Waals surface area contributed by atoms with Crippen molar-refractivity contribution in [1.82, 2.24) is 10.6 Å². The molecule has 0 bridgehead atoms. The molecule has 3 atom stereocenters. The van der Waals surface area contributed by atoms with E-state index < -0.39 is 0 Å². The SMILES string of the molecule is CC1CCC(NCC2CCNC2)C1. The lowest BCUT2D eigenvalue weighted by Crippen LogP contribution is -2.32. The normalized spacial score (nSPS) is 39.9. The highest BCUT2D eigenvalue weighted by Gasteiger charge is 2.22. The molecule has 0 aromatic carbocycles. The summed E-state index contributed by atoms with van der Waals surface area (Å²) in [6, 6.07) is 0.829. The quantitative estimate of drug-likeness (QED) is 0.689. The molecular formula is C11H22N2. The van der Waals surface area contributed by atoms with Crippen LogP contribution in [0, 0.1) is 11.8 Å². The van der Waals surface area contributed by atoms with E-state index in [1.807, 2.05) is 0 Å². The van der Waals surface area contributed by atoms with Gasteiger partial charge >= 0.3 is 0 Å². The average Bonchev–Trinajstić information content (AvgIpc) is 2.71. The van der Waals surface area contributed by atoms with Crippen LogP contribution in [0.5, 0.6) is 0 Å². The monoisotopic (exact) mass is 182 g/mol. The first-order chi connectivity index (χ1) is 6.34. The third-order valence-electron chi connectivity index (χ3n) is 3.55. The van der Waals surface area contributed by atoms with Gasteiger partial charge in [0.15, 0.2) is 0 Å². The van der Waals surface area contributed by atoms with Crippen LogP contribution in [0.1, 0.15) is 32.6 Å². The summed E-state index contributed by atoms with van der Waals surface area (Å²) in [5, 5.41) is 7.13. The molecule has 0 spiro atoms. The predicted octanol–water partition coefficient (Wildman–Crippen LogP) is 1.37. The van der Waals surface area contributed by atoms with Gasteiger partial charge in [0.05, 0.1) is 0 Å². The highest BCUT2D eigenvalue weighted by molar-refractivity contribution is 4.81. The molecule has 0 aromatic heterocycles. The standard InChI is InChI=1S/C11H22N2/c1-9-2-3-11(6-9)13-8-10-4-5-12-7-10/h9-13H,2-8H2,1H3. The molecule has 2 N–H and O–H groups in total. The lowest BCUT2D eigenvalue weighted by atomic mass is 10.1. The highest BCUT2D eigenvalue weighted by atomic mass is 15.0. The minimum absolute atomic E-state index is 0.829. The fraction of sp³-hybridized carbons (Fsp3) is 1.00. The Hall–Kier alpha value is -0.0800. The molecule has 1 saturated heterocycles. The maximum atomic E-state index is 3.71. The first kappa shape index (κ1) is 9.47. The van der Waals surface area contributed by atoms with Crippen LogP contribution in [-0.4, -0.2) is 25.7 Å². The van der Waals surface area contributed by atoms with E-state index in [2.05, 4.69) is 17.6 Å². The Morgan fingerprint density at radius 2 is 2.23 bits per heavy atom. The third-order valence-corrected chi connectivity index (χ3v) is 3.55. The summed E-state index contributed by atoms with van der Waals surface area (Å²) in [5.74, 6) is 1.86. The fourth-order valence-electron chi connectivity index (χ4n) is 2.61. The van der Waals surface area contributed by atoms with Gasteiger partial charge in [-0.05, 0) is 57.2 Å². The molecule has 13 heavy (non-hydrogen) atoms. The molecule has 2 aliphatic rings. The highest BCUT2D eigenvalue weighted by Crippen LogP contribution is 2.24. The topological polar surface area (TPSA) is 24.1 Å². The second-order valence-electron chi connectivity index (χ2n) is 4.88. The van der Waals surface area contributed by atoms with Gasteiger partial charge in [0.1, 0.15) is 0 Å². The molecule has 76 valence electrons. The van der Waals surface area contributed by atoms with Gasteiger partial charge in [0.2, 0.25) is 0 Å². The van der Waals surface area contributed by atoms with E-state index in [1.54, 1.807) is 0 Å². The minimum atomic E-state index is 0.829. The van der Waals surface area contributed by atoms with Crippen LogP contribution >= 0.6 is 0 Å². The summed E-state index contributed by atoms with van der Waals surface area (Å²) in [6.45, 7) is 6.08. The zero-order valence-electron chi connectivity index (χ0n) is 8.68. The van der Waals surface area contributed by atoms with Crippen LogP contribution in [0.2, 0.25) is 0 Å². The lowest BCUT2D eigenvalue weighted by molar-refractivity contribution is 0.440. The summed E-state index contributed by atoms with van der Waals surface area (Å²) in [5.41, 5.74) is 0. The van der Waals surface area contributed by atoms with Crippen LogP contribution in [-0.2, 0) is 0 Å². The maximum Gasteiger partial charge on any atom is 0.00698 e. The van der Waals surface area contributed by atoms with Gasteiger partial charge in [-0.3, -0.25) is 0 Å². The third kappa shape index (κ3) is 2.68. The van der Waals surface area contributed by atoms with Crippen molar-refractivity contribution in [1.29, 1.82) is 0 Å². The van der Waals surface area contributed by atoms with Crippen LogP contribution in [0.3, 0.4) is 0 Å². The molecule has 0 aromatic rings. The first-order valence-corrected chi connectivity index (χ1v) is 5.78. The van der Waals surface area contributed by atoms with E-state index >= 15 is 0 Å². The molecule has 1 heterocycles. The second kappa shape index (κ2) is 4.43. The van der Waals surface area contributed by atoms with E-state index in [-0.39, 0.29) is 0 Å². The smallest absolute Gasteiger partial charge is 0.00698 e. The summed E-state index contributed by atoms with van der Waals surface area (Å²) < 4.78 is 0. The molecule has 1 aliphatic carbocycles. The van der Waals surface area contributed by atoms with Crippen molar-refractivity contribution in [2.75, 3.05) is 19.6 Å². The summed E-state index contributed by atoms with van der Waals surface area (Å²) >= 11 is 0. The Morgan fingerprint density at radius 1 is 1.31 bits per heavy atom. The first-order valence-electron chi connectivity index (χ1n) is 5.78. The molecule has 1 saturated carbocycles. The van der Waals surface area contributed by atoms with Crippen molar-refractivity contribution in [2.24, 2.45) is 11.8 Å². The van der Waals surface area contributed by atoms with Crippen molar-refractivity contribution in [3.63, 3.8) is 0 Å². The van der Waals surface area contributed by atoms with Gasteiger partial charge < -0.3 is 10.6 Å². The van der Waals surface area contributed by atoms with Crippen LogP contribution in [0.25, 0.3) is 0 Å². The summed E-state index contributed by atoms with van der Waals surface area (Å²) in [6.07, 6.45) is 5.61. The molecular weight excluding hydrogens is 160 g/mol. The number of rotatable bonds is 3. The van der Waals surface area contributed by atoms with Gasteiger partial charge in [-0.15, -0.1) is 0 Å². The molecule has 2 fully saturated rings. The number of nitrogens with one attached hydrogen (secondary N) is 2. The maximum absolute atomic E-state index is 3.71. The Labute approximate surface area is 81.5 Å². The minimum Gasteiger partial charge on any atom is -0.316 e. The van der Waals surface area contributed by atoms with Crippen molar-refractivity contribution in [2.45, 2.75) is 38.6 Å². The molecule has 2 nitrogen and oxygen atoms in total. The molecule has 2 heteroatoms. The van der Waals surface area contributed by atoms with Gasteiger partial charge in [-0.2, -0.15) is 0 Å². The molecule has 3 unspecified atom stereocenters. The fourth-order valence-corrected chi connectivity index (χ4v) is 2.61. The zero-order valence-corrected chi connectivity index (χ0v) is 8.68. The molecule has 0 radical (unpaired) electrons. The van der Waals surface area contributed by atoms with Crippen molar-refractivity contribution < 1.29 is 0 Å². The van der Waals surface area contributed by atoms with Crippen molar-refractivity contribution in [3.8, 4) is 0 Å². The van der Waals surface area contributed by atoms with Gasteiger partial charge in [-0.25, -0.2) is 0 Å². The van der Waals surface area contributed by atoms with Gasteiger partial charge in [0.25, 0.3) is 0 Å². The van der Waals surface area contributed by atoms with Crippen molar-refractivity contribution >= 4 is 0 Å². The number of hydrogen-bond donors (Lipinski definition) is 2.